The maximum Gasteiger partial charge on any atom is 0.269 e. The fourth-order valence-electron chi connectivity index (χ4n) is 3.06. The third-order valence-electron chi connectivity index (χ3n) is 4.48. The summed E-state index contributed by atoms with van der Waals surface area (Å²) in [5.41, 5.74) is 0.351. The Kier molecular flexibility index (Phi) is 5.71. The highest BCUT2D eigenvalue weighted by Gasteiger charge is 2.34. The van der Waals surface area contributed by atoms with Crippen LogP contribution in [0.3, 0.4) is 0 Å². The number of hydrogen-bond acceptors (Lipinski definition) is 7. The van der Waals surface area contributed by atoms with Gasteiger partial charge in [-0.25, -0.2) is 13.1 Å². The first-order chi connectivity index (χ1) is 13.7. The molecule has 29 heavy (non-hydrogen) atoms. The van der Waals surface area contributed by atoms with Crippen molar-refractivity contribution < 1.29 is 27.6 Å². The van der Waals surface area contributed by atoms with Crippen molar-refractivity contribution in [3.8, 4) is 11.5 Å². The Labute approximate surface area is 167 Å². The van der Waals surface area contributed by atoms with Gasteiger partial charge in [-0.2, -0.15) is 0 Å². The van der Waals surface area contributed by atoms with E-state index in [0.29, 0.717) is 17.2 Å². The van der Waals surface area contributed by atoms with Crippen molar-refractivity contribution >= 4 is 27.3 Å². The van der Waals surface area contributed by atoms with Crippen LogP contribution in [0.4, 0.5) is 11.4 Å². The monoisotopic (exact) mass is 421 g/mol. The molecule has 0 aliphatic carbocycles. The van der Waals surface area contributed by atoms with Crippen molar-refractivity contribution in [2.24, 2.45) is 0 Å². The van der Waals surface area contributed by atoms with Crippen LogP contribution < -0.4 is 19.1 Å². The smallest absolute Gasteiger partial charge is 0.269 e. The summed E-state index contributed by atoms with van der Waals surface area (Å²) in [5.74, 6) is 0.722. The van der Waals surface area contributed by atoms with Crippen LogP contribution in [0, 0.1) is 10.1 Å². The van der Waals surface area contributed by atoms with Gasteiger partial charge in [0.05, 0.1) is 24.0 Å². The van der Waals surface area contributed by atoms with Crippen molar-refractivity contribution in [3.05, 3.63) is 52.6 Å². The minimum absolute atomic E-state index is 0.0133. The van der Waals surface area contributed by atoms with Gasteiger partial charge in [-0.1, -0.05) is 0 Å². The largest absolute Gasteiger partial charge is 0.493 e. The third-order valence-corrected chi connectivity index (χ3v) is 6.02. The van der Waals surface area contributed by atoms with E-state index in [1.165, 1.54) is 19.1 Å². The van der Waals surface area contributed by atoms with Crippen LogP contribution in [0.5, 0.6) is 11.5 Å². The van der Waals surface area contributed by atoms with Gasteiger partial charge in [0.25, 0.3) is 5.69 Å². The van der Waals surface area contributed by atoms with Gasteiger partial charge in [0.15, 0.2) is 11.5 Å². The van der Waals surface area contributed by atoms with Crippen molar-refractivity contribution in [1.82, 2.24) is 4.72 Å². The summed E-state index contributed by atoms with van der Waals surface area (Å²) in [5, 5.41) is 10.7. The quantitative estimate of drug-likeness (QED) is 0.532. The van der Waals surface area contributed by atoms with Gasteiger partial charge >= 0.3 is 0 Å². The van der Waals surface area contributed by atoms with E-state index in [9.17, 15) is 23.3 Å². The molecule has 1 heterocycles. The predicted octanol–water partition coefficient (Wildman–Crippen LogP) is 1.70. The van der Waals surface area contributed by atoms with Gasteiger partial charge in [-0.05, 0) is 24.3 Å². The molecule has 1 unspecified atom stereocenters. The highest BCUT2D eigenvalue weighted by Crippen LogP contribution is 2.33. The van der Waals surface area contributed by atoms with Gasteiger partial charge in [0.1, 0.15) is 0 Å². The lowest BCUT2D eigenvalue weighted by molar-refractivity contribution is -0.384. The Bertz CT molecular complexity index is 1040. The molecule has 1 saturated heterocycles. The van der Waals surface area contributed by atoms with Crippen molar-refractivity contribution in [2.75, 3.05) is 25.7 Å². The van der Waals surface area contributed by atoms with E-state index in [1.807, 2.05) is 0 Å². The summed E-state index contributed by atoms with van der Waals surface area (Å²) in [6.45, 7) is 0.139. The predicted molar refractivity (Wildman–Crippen MR) is 104 cm³/mol. The number of nitro groups is 1. The number of nitro benzene ring substituents is 1. The Morgan fingerprint density at radius 2 is 1.76 bits per heavy atom. The molecule has 1 atom stereocenters. The van der Waals surface area contributed by atoms with Crippen molar-refractivity contribution in [1.29, 1.82) is 0 Å². The Balaban J connectivity index is 1.75. The van der Waals surface area contributed by atoms with E-state index in [4.69, 9.17) is 9.47 Å². The summed E-state index contributed by atoms with van der Waals surface area (Å²) in [4.78, 5) is 23.9. The van der Waals surface area contributed by atoms with E-state index in [-0.39, 0.29) is 29.5 Å². The number of anilines is 1. The molecule has 0 saturated carbocycles. The molecule has 1 amide bonds. The fraction of sp³-hybridized carbons (Fsp3) is 0.278. The number of nitrogens with zero attached hydrogens (tertiary/aromatic N) is 2. The molecule has 0 spiro atoms. The van der Waals surface area contributed by atoms with E-state index < -0.39 is 21.0 Å². The molecule has 154 valence electrons. The topological polar surface area (TPSA) is 128 Å². The fourth-order valence-corrected chi connectivity index (χ4v) is 4.29. The van der Waals surface area contributed by atoms with Gasteiger partial charge in [-0.3, -0.25) is 14.9 Å². The van der Waals surface area contributed by atoms with Gasteiger partial charge in [-0.15, -0.1) is 0 Å². The van der Waals surface area contributed by atoms with E-state index in [1.54, 1.807) is 18.2 Å². The van der Waals surface area contributed by atoms with Crippen LogP contribution in [-0.2, 0) is 14.8 Å². The third kappa shape index (κ3) is 4.30. The minimum atomic E-state index is -3.93. The molecule has 0 radical (unpaired) electrons. The summed E-state index contributed by atoms with van der Waals surface area (Å²) < 4.78 is 38.0. The van der Waals surface area contributed by atoms with E-state index in [2.05, 4.69) is 4.72 Å². The standard InChI is InChI=1S/C18H19N3O7S/c1-27-16-8-5-14(10-17(16)28-2)20-11-12(9-18(20)22)19-29(25,26)15-6-3-13(4-7-15)21(23)24/h3-8,10,12,19H,9,11H2,1-2H3. The molecule has 1 N–H and O–H groups in total. The number of amides is 1. The molecular weight excluding hydrogens is 402 g/mol. The molecule has 1 aliphatic rings. The number of carbonyl (C=O) groups is 1. The maximum atomic E-state index is 12.6. The van der Waals surface area contributed by atoms with Crippen molar-refractivity contribution in [3.63, 3.8) is 0 Å². The molecule has 2 aromatic carbocycles. The first kappa shape index (κ1) is 20.6. The van der Waals surface area contributed by atoms with Gasteiger partial charge < -0.3 is 14.4 Å². The lowest BCUT2D eigenvalue weighted by Gasteiger charge is -2.19. The van der Waals surface area contributed by atoms with E-state index in [0.717, 1.165) is 24.3 Å². The molecule has 1 fully saturated rings. The molecule has 0 aromatic heterocycles. The number of benzene rings is 2. The van der Waals surface area contributed by atoms with Crippen LogP contribution in [0.2, 0.25) is 0 Å². The average molecular weight is 421 g/mol. The van der Waals surface area contributed by atoms with Crippen molar-refractivity contribution in [2.45, 2.75) is 17.4 Å². The summed E-state index contributed by atoms with van der Waals surface area (Å²) in [6, 6.07) is 8.89. The normalized spacial score (nSPS) is 16.7. The number of hydrogen-bond donors (Lipinski definition) is 1. The summed E-state index contributed by atoms with van der Waals surface area (Å²) in [6.07, 6.45) is -0.0133. The zero-order chi connectivity index (χ0) is 21.2. The van der Waals surface area contributed by atoms with Crippen LogP contribution >= 0.6 is 0 Å². The molecule has 2 aromatic rings. The van der Waals surface area contributed by atoms with Crippen LogP contribution in [-0.4, -0.2) is 46.1 Å². The lowest BCUT2D eigenvalue weighted by Crippen LogP contribution is -2.37. The Morgan fingerprint density at radius 1 is 1.10 bits per heavy atom. The van der Waals surface area contributed by atoms with Crippen LogP contribution in [0.25, 0.3) is 0 Å². The number of sulfonamides is 1. The molecular formula is C18H19N3O7S. The minimum Gasteiger partial charge on any atom is -0.493 e. The average Bonchev–Trinajstić information content (AvgIpc) is 3.06. The number of methoxy groups -OCH3 is 2. The molecule has 3 rings (SSSR count). The second-order valence-corrected chi connectivity index (χ2v) is 8.03. The molecule has 1 aliphatic heterocycles. The zero-order valence-electron chi connectivity index (χ0n) is 15.7. The number of rotatable bonds is 7. The first-order valence-corrected chi connectivity index (χ1v) is 10.0. The number of non-ortho nitro benzene ring substituents is 1. The number of nitrogens with one attached hydrogen (secondary N) is 1. The lowest BCUT2D eigenvalue weighted by atomic mass is 10.2. The highest BCUT2D eigenvalue weighted by atomic mass is 32.2. The summed E-state index contributed by atoms with van der Waals surface area (Å²) in [7, 11) is -0.953. The number of ether oxygens (including phenoxy) is 2. The summed E-state index contributed by atoms with van der Waals surface area (Å²) >= 11 is 0. The second kappa shape index (κ2) is 8.05. The van der Waals surface area contributed by atoms with Crippen LogP contribution in [0.15, 0.2) is 47.4 Å². The Hall–Kier alpha value is -3.18. The molecule has 0 bridgehead atoms. The highest BCUT2D eigenvalue weighted by molar-refractivity contribution is 7.89. The first-order valence-electron chi connectivity index (χ1n) is 8.54. The zero-order valence-corrected chi connectivity index (χ0v) is 16.5. The number of carbonyl (C=O) groups excluding carboxylic acids is 1. The van der Waals surface area contributed by atoms with Gasteiger partial charge in [0.2, 0.25) is 15.9 Å². The van der Waals surface area contributed by atoms with E-state index >= 15 is 0 Å². The van der Waals surface area contributed by atoms with Crippen LogP contribution in [0.1, 0.15) is 6.42 Å². The Morgan fingerprint density at radius 3 is 2.34 bits per heavy atom. The second-order valence-electron chi connectivity index (χ2n) is 6.32. The SMILES string of the molecule is COc1ccc(N2CC(NS(=O)(=O)c3ccc([N+](=O)[O-])cc3)CC2=O)cc1OC. The molecule has 10 nitrogen and oxygen atoms in total. The van der Waals surface area contributed by atoms with Gasteiger partial charge in [0, 0.05) is 42.9 Å². The maximum absolute atomic E-state index is 12.6. The molecule has 11 heteroatoms.